The minimum atomic E-state index is -0.867. The highest BCUT2D eigenvalue weighted by Crippen LogP contribution is 2.38. The van der Waals surface area contributed by atoms with Gasteiger partial charge in [0.2, 0.25) is 5.91 Å². The number of carbonyl (C=O) groups excluding carboxylic acids is 3. The average Bonchev–Trinajstić information content (AvgIpc) is 3.49. The molecule has 0 radical (unpaired) electrons. The van der Waals surface area contributed by atoms with Crippen molar-refractivity contribution in [3.05, 3.63) is 35.7 Å². The predicted molar refractivity (Wildman–Crippen MR) is 148 cm³/mol. The first-order valence-corrected chi connectivity index (χ1v) is 13.2. The maximum absolute atomic E-state index is 13.2. The van der Waals surface area contributed by atoms with Gasteiger partial charge in [0, 0.05) is 43.2 Å². The van der Waals surface area contributed by atoms with Crippen LogP contribution < -0.4 is 14.8 Å². The van der Waals surface area contributed by atoms with E-state index in [0.717, 1.165) is 25.1 Å². The summed E-state index contributed by atoms with van der Waals surface area (Å²) in [5.74, 6) is 0.331. The lowest BCUT2D eigenvalue weighted by atomic mass is 9.88. The first-order valence-electron chi connectivity index (χ1n) is 13.2. The topological polar surface area (TPSA) is 111 Å². The molecule has 10 heteroatoms. The molecule has 39 heavy (non-hydrogen) atoms. The largest absolute Gasteiger partial charge is 0.493 e. The molecule has 0 spiro atoms. The van der Waals surface area contributed by atoms with Crippen LogP contribution in [0.2, 0.25) is 0 Å². The van der Waals surface area contributed by atoms with Crippen LogP contribution in [0.15, 0.2) is 29.4 Å². The van der Waals surface area contributed by atoms with Crippen LogP contribution in [0.25, 0.3) is 0 Å². The van der Waals surface area contributed by atoms with E-state index in [4.69, 9.17) is 14.2 Å². The summed E-state index contributed by atoms with van der Waals surface area (Å²) < 4.78 is 18.3. The van der Waals surface area contributed by atoms with Crippen LogP contribution in [-0.2, 0) is 26.8 Å². The molecule has 1 aromatic carbocycles. The summed E-state index contributed by atoms with van der Waals surface area (Å²) in [5, 5.41) is 2.96. The van der Waals surface area contributed by atoms with E-state index in [0.29, 0.717) is 34.9 Å². The molecular formula is C29H38N4O6. The Balaban J connectivity index is 1.42. The molecule has 0 unspecified atom stereocenters. The number of hydrogen-bond acceptors (Lipinski definition) is 7. The fourth-order valence-corrected chi connectivity index (χ4v) is 5.06. The van der Waals surface area contributed by atoms with Crippen LogP contribution in [0, 0.1) is 5.41 Å². The van der Waals surface area contributed by atoms with Gasteiger partial charge in [0.05, 0.1) is 43.8 Å². The van der Waals surface area contributed by atoms with Gasteiger partial charge in [-0.1, -0.05) is 13.8 Å². The normalized spacial score (nSPS) is 16.8. The highest BCUT2D eigenvalue weighted by molar-refractivity contribution is 6.03. The first-order chi connectivity index (χ1) is 18.4. The summed E-state index contributed by atoms with van der Waals surface area (Å²) >= 11 is 0. The second-order valence-electron chi connectivity index (χ2n) is 11.3. The van der Waals surface area contributed by atoms with Crippen LogP contribution in [0.3, 0.4) is 0 Å². The fraction of sp³-hybridized carbons (Fsp3) is 0.517. The van der Waals surface area contributed by atoms with Crippen LogP contribution >= 0.6 is 0 Å². The number of fused-ring (bicyclic) bond motifs is 2. The molecule has 4 rings (SSSR count). The Labute approximate surface area is 229 Å². The maximum Gasteiger partial charge on any atom is 0.317 e. The molecule has 2 aromatic rings. The lowest BCUT2D eigenvalue weighted by Gasteiger charge is -2.24. The number of rotatable bonds is 9. The second-order valence-corrected chi connectivity index (χ2v) is 11.3. The Morgan fingerprint density at radius 2 is 1.87 bits per heavy atom. The van der Waals surface area contributed by atoms with Crippen LogP contribution in [0.4, 0.5) is 11.4 Å². The molecule has 1 N–H and O–H groups in total. The van der Waals surface area contributed by atoms with Crippen molar-refractivity contribution in [2.24, 2.45) is 17.5 Å². The van der Waals surface area contributed by atoms with Gasteiger partial charge < -0.3 is 29.0 Å². The SMILES string of the molecule is COC(=O)C(C)(C)c1cc(NC(=O)C(C)(C)CCOc2cc3c(cc2OC)C(=O)N2CCC[C@H]2C=N3)cn1C. The van der Waals surface area contributed by atoms with Gasteiger partial charge in [-0.3, -0.25) is 19.4 Å². The van der Waals surface area contributed by atoms with Crippen molar-refractivity contribution in [2.75, 3.05) is 32.7 Å². The van der Waals surface area contributed by atoms with Crippen molar-refractivity contribution in [3.63, 3.8) is 0 Å². The van der Waals surface area contributed by atoms with E-state index in [-0.39, 0.29) is 30.4 Å². The Morgan fingerprint density at radius 3 is 2.56 bits per heavy atom. The van der Waals surface area contributed by atoms with E-state index in [9.17, 15) is 14.4 Å². The molecule has 2 aliphatic heterocycles. The number of nitrogens with zero attached hydrogens (tertiary/aromatic N) is 3. The quantitative estimate of drug-likeness (QED) is 0.478. The number of aromatic nitrogens is 1. The molecule has 1 aromatic heterocycles. The van der Waals surface area contributed by atoms with Gasteiger partial charge >= 0.3 is 5.97 Å². The summed E-state index contributed by atoms with van der Waals surface area (Å²) in [7, 11) is 4.71. The molecule has 2 amide bonds. The highest BCUT2D eigenvalue weighted by Gasteiger charge is 2.35. The number of anilines is 1. The molecular weight excluding hydrogens is 500 g/mol. The van der Waals surface area contributed by atoms with E-state index in [1.54, 1.807) is 38.2 Å². The number of methoxy groups -OCH3 is 2. The van der Waals surface area contributed by atoms with E-state index in [1.165, 1.54) is 14.2 Å². The van der Waals surface area contributed by atoms with Gasteiger partial charge in [-0.25, -0.2) is 0 Å². The van der Waals surface area contributed by atoms with Crippen molar-refractivity contribution < 1.29 is 28.6 Å². The zero-order valence-corrected chi connectivity index (χ0v) is 23.8. The molecule has 0 aliphatic carbocycles. The number of ether oxygens (including phenoxy) is 3. The smallest absolute Gasteiger partial charge is 0.317 e. The maximum atomic E-state index is 13.2. The summed E-state index contributed by atoms with van der Waals surface area (Å²) in [4.78, 5) is 44.9. The van der Waals surface area contributed by atoms with Gasteiger partial charge in [0.1, 0.15) is 5.41 Å². The second kappa shape index (κ2) is 10.7. The lowest BCUT2D eigenvalue weighted by molar-refractivity contribution is -0.146. The summed E-state index contributed by atoms with van der Waals surface area (Å²) in [6.45, 7) is 8.22. The minimum Gasteiger partial charge on any atom is -0.493 e. The lowest BCUT2D eigenvalue weighted by Crippen LogP contribution is -2.35. The molecule has 1 saturated heterocycles. The molecule has 10 nitrogen and oxygen atoms in total. The molecule has 2 aliphatic rings. The predicted octanol–water partition coefficient (Wildman–Crippen LogP) is 4.24. The van der Waals surface area contributed by atoms with Crippen molar-refractivity contribution in [1.29, 1.82) is 0 Å². The van der Waals surface area contributed by atoms with Gasteiger partial charge in [-0.05, 0) is 45.2 Å². The number of esters is 1. The number of aryl methyl sites for hydroxylation is 1. The van der Waals surface area contributed by atoms with Crippen LogP contribution in [-0.4, -0.2) is 66.9 Å². The van der Waals surface area contributed by atoms with Crippen molar-refractivity contribution in [3.8, 4) is 11.5 Å². The number of carbonyl (C=O) groups is 3. The zero-order valence-electron chi connectivity index (χ0n) is 23.8. The van der Waals surface area contributed by atoms with E-state index >= 15 is 0 Å². The van der Waals surface area contributed by atoms with Gasteiger partial charge in [-0.15, -0.1) is 0 Å². The zero-order chi connectivity index (χ0) is 28.5. The number of nitrogens with one attached hydrogen (secondary N) is 1. The summed E-state index contributed by atoms with van der Waals surface area (Å²) in [6.07, 6.45) is 5.91. The standard InChI is InChI=1S/C29H38N4O6/c1-28(2,26(35)31-18-13-24(32(5)17-18)29(3,4)27(36)38-7)10-12-39-23-15-21-20(14-22(23)37-6)25(34)33-11-8-9-19(33)16-30-21/h13-17,19H,8-12H2,1-7H3,(H,31,35)/t19-/m0/s1. The third-order valence-corrected chi connectivity index (χ3v) is 7.66. The van der Waals surface area contributed by atoms with Crippen molar-refractivity contribution >= 4 is 35.4 Å². The van der Waals surface area contributed by atoms with Gasteiger partial charge in [0.25, 0.3) is 5.91 Å². The van der Waals surface area contributed by atoms with E-state index in [1.807, 2.05) is 36.6 Å². The Bertz CT molecular complexity index is 1310. The fourth-order valence-electron chi connectivity index (χ4n) is 5.06. The van der Waals surface area contributed by atoms with Crippen molar-refractivity contribution in [1.82, 2.24) is 9.47 Å². The minimum absolute atomic E-state index is 0.0202. The number of benzene rings is 1. The molecule has 3 heterocycles. The average molecular weight is 539 g/mol. The summed E-state index contributed by atoms with van der Waals surface area (Å²) in [6, 6.07) is 5.22. The number of aliphatic imine (C=N–C) groups is 1. The van der Waals surface area contributed by atoms with Crippen LogP contribution in [0.1, 0.15) is 63.0 Å². The van der Waals surface area contributed by atoms with E-state index < -0.39 is 10.8 Å². The number of hydrogen-bond donors (Lipinski definition) is 1. The molecule has 0 bridgehead atoms. The third-order valence-electron chi connectivity index (χ3n) is 7.66. The van der Waals surface area contributed by atoms with Crippen LogP contribution in [0.5, 0.6) is 11.5 Å². The highest BCUT2D eigenvalue weighted by atomic mass is 16.5. The van der Waals surface area contributed by atoms with E-state index in [2.05, 4.69) is 10.3 Å². The first kappa shape index (κ1) is 28.2. The monoisotopic (exact) mass is 538 g/mol. The molecule has 1 atom stereocenters. The number of amides is 2. The molecule has 1 fully saturated rings. The third kappa shape index (κ3) is 5.51. The van der Waals surface area contributed by atoms with Gasteiger partial charge in [-0.2, -0.15) is 0 Å². The Kier molecular flexibility index (Phi) is 7.77. The Hall–Kier alpha value is -3.82. The Morgan fingerprint density at radius 1 is 1.13 bits per heavy atom. The van der Waals surface area contributed by atoms with Crippen molar-refractivity contribution in [2.45, 2.75) is 58.4 Å². The molecule has 210 valence electrons. The summed E-state index contributed by atoms with van der Waals surface area (Å²) in [5.41, 5.74) is 0.745. The molecule has 0 saturated carbocycles. The van der Waals surface area contributed by atoms with Gasteiger partial charge in [0.15, 0.2) is 11.5 Å².